The molecule has 0 bridgehead atoms. The van der Waals surface area contributed by atoms with Crippen LogP contribution in [0.2, 0.25) is 5.02 Å². The zero-order chi connectivity index (χ0) is 10.8. The standard InChI is InChI=1S/C11H11Cl2NO/c12-5-3-11(15)14-6-4-8-1-2-9(13)7-10(8)14/h1-2,7H,3-6H2. The molecule has 80 valence electrons. The highest BCUT2D eigenvalue weighted by atomic mass is 35.5. The van der Waals surface area contributed by atoms with Crippen LogP contribution >= 0.6 is 23.2 Å². The van der Waals surface area contributed by atoms with Crippen molar-refractivity contribution in [1.82, 2.24) is 0 Å². The molecule has 0 radical (unpaired) electrons. The maximum absolute atomic E-state index is 11.7. The van der Waals surface area contributed by atoms with Gasteiger partial charge in [0.25, 0.3) is 0 Å². The maximum Gasteiger partial charge on any atom is 0.228 e. The van der Waals surface area contributed by atoms with E-state index in [1.807, 2.05) is 18.2 Å². The van der Waals surface area contributed by atoms with Gasteiger partial charge in [-0.05, 0) is 24.1 Å². The quantitative estimate of drug-likeness (QED) is 0.732. The Balaban J connectivity index is 2.27. The van der Waals surface area contributed by atoms with E-state index in [1.165, 1.54) is 5.56 Å². The summed E-state index contributed by atoms with van der Waals surface area (Å²) in [6.07, 6.45) is 1.29. The number of carbonyl (C=O) groups is 1. The monoisotopic (exact) mass is 243 g/mol. The van der Waals surface area contributed by atoms with E-state index in [2.05, 4.69) is 0 Å². The zero-order valence-corrected chi connectivity index (χ0v) is 9.68. The van der Waals surface area contributed by atoms with Crippen LogP contribution < -0.4 is 4.90 Å². The first-order valence-corrected chi connectivity index (χ1v) is 5.78. The van der Waals surface area contributed by atoms with Gasteiger partial charge in [-0.15, -0.1) is 11.6 Å². The van der Waals surface area contributed by atoms with E-state index in [0.29, 0.717) is 17.3 Å². The minimum atomic E-state index is 0.0750. The normalized spacial score (nSPS) is 14.1. The van der Waals surface area contributed by atoms with E-state index in [9.17, 15) is 4.79 Å². The van der Waals surface area contributed by atoms with Crippen molar-refractivity contribution in [2.75, 3.05) is 17.3 Å². The van der Waals surface area contributed by atoms with Gasteiger partial charge in [-0.25, -0.2) is 0 Å². The molecule has 0 saturated carbocycles. The number of rotatable bonds is 2. The highest BCUT2D eigenvalue weighted by molar-refractivity contribution is 6.31. The van der Waals surface area contributed by atoms with Crippen LogP contribution in [0.5, 0.6) is 0 Å². The van der Waals surface area contributed by atoms with E-state index >= 15 is 0 Å². The predicted molar refractivity (Wildman–Crippen MR) is 62.8 cm³/mol. The number of fused-ring (bicyclic) bond motifs is 1. The van der Waals surface area contributed by atoms with Gasteiger partial charge in [0.2, 0.25) is 5.91 Å². The van der Waals surface area contributed by atoms with Crippen molar-refractivity contribution >= 4 is 34.8 Å². The van der Waals surface area contributed by atoms with E-state index in [-0.39, 0.29) is 5.91 Å². The van der Waals surface area contributed by atoms with Crippen molar-refractivity contribution in [3.8, 4) is 0 Å². The van der Waals surface area contributed by atoms with Gasteiger partial charge in [0.15, 0.2) is 0 Å². The number of benzene rings is 1. The molecule has 1 aromatic rings. The fourth-order valence-corrected chi connectivity index (χ4v) is 2.16. The Morgan fingerprint density at radius 3 is 3.00 bits per heavy atom. The number of amides is 1. The molecule has 4 heteroatoms. The van der Waals surface area contributed by atoms with Crippen LogP contribution in [0.1, 0.15) is 12.0 Å². The first kappa shape index (κ1) is 10.8. The van der Waals surface area contributed by atoms with Gasteiger partial charge in [0.05, 0.1) is 0 Å². The summed E-state index contributed by atoms with van der Waals surface area (Å²) < 4.78 is 0. The Morgan fingerprint density at radius 2 is 2.27 bits per heavy atom. The van der Waals surface area contributed by atoms with Crippen LogP contribution in [0.3, 0.4) is 0 Å². The smallest absolute Gasteiger partial charge is 0.228 e. The molecule has 2 rings (SSSR count). The summed E-state index contributed by atoms with van der Waals surface area (Å²) in [5.74, 6) is 0.441. The molecule has 0 atom stereocenters. The molecule has 1 heterocycles. The van der Waals surface area contributed by atoms with Crippen LogP contribution in [-0.2, 0) is 11.2 Å². The fourth-order valence-electron chi connectivity index (χ4n) is 1.83. The lowest BCUT2D eigenvalue weighted by atomic mass is 10.2. The lowest BCUT2D eigenvalue weighted by Gasteiger charge is -2.16. The summed E-state index contributed by atoms with van der Waals surface area (Å²) in [7, 11) is 0. The molecule has 0 aliphatic carbocycles. The average molecular weight is 244 g/mol. The highest BCUT2D eigenvalue weighted by Gasteiger charge is 2.23. The third kappa shape index (κ3) is 2.11. The molecule has 0 saturated heterocycles. The molecule has 0 unspecified atom stereocenters. The van der Waals surface area contributed by atoms with Crippen LogP contribution in [-0.4, -0.2) is 18.3 Å². The molecule has 1 aliphatic heterocycles. The van der Waals surface area contributed by atoms with Crippen LogP contribution in [0, 0.1) is 0 Å². The van der Waals surface area contributed by atoms with Gasteiger partial charge in [-0.3, -0.25) is 4.79 Å². The molecule has 0 fully saturated rings. The molecular formula is C11H11Cl2NO. The van der Waals surface area contributed by atoms with E-state index in [1.54, 1.807) is 4.90 Å². The minimum Gasteiger partial charge on any atom is -0.312 e. The molecule has 1 amide bonds. The number of halogens is 2. The van der Waals surface area contributed by atoms with Gasteiger partial charge in [-0.1, -0.05) is 17.7 Å². The number of alkyl halides is 1. The second-order valence-electron chi connectivity index (χ2n) is 3.51. The Labute approximate surface area is 98.8 Å². The van der Waals surface area contributed by atoms with Crippen molar-refractivity contribution in [2.24, 2.45) is 0 Å². The van der Waals surface area contributed by atoms with Crippen LogP contribution in [0.25, 0.3) is 0 Å². The summed E-state index contributed by atoms with van der Waals surface area (Å²) in [5.41, 5.74) is 2.12. The number of hydrogen-bond donors (Lipinski definition) is 0. The van der Waals surface area contributed by atoms with Crippen molar-refractivity contribution in [3.05, 3.63) is 28.8 Å². The molecule has 0 spiro atoms. The first-order chi connectivity index (χ1) is 7.22. The summed E-state index contributed by atoms with van der Waals surface area (Å²) in [5, 5.41) is 0.666. The van der Waals surface area contributed by atoms with E-state index < -0.39 is 0 Å². The lowest BCUT2D eigenvalue weighted by Crippen LogP contribution is -2.28. The summed E-state index contributed by atoms with van der Waals surface area (Å²) >= 11 is 11.5. The molecule has 1 aliphatic rings. The zero-order valence-electron chi connectivity index (χ0n) is 8.17. The van der Waals surface area contributed by atoms with E-state index in [0.717, 1.165) is 18.7 Å². The molecule has 0 aromatic heterocycles. The third-order valence-corrected chi connectivity index (χ3v) is 2.98. The molecule has 15 heavy (non-hydrogen) atoms. The summed E-state index contributed by atoms with van der Waals surface area (Å²) in [4.78, 5) is 13.5. The largest absolute Gasteiger partial charge is 0.312 e. The predicted octanol–water partition coefficient (Wildman–Crippen LogP) is 2.86. The van der Waals surface area contributed by atoms with Gasteiger partial charge >= 0.3 is 0 Å². The third-order valence-electron chi connectivity index (χ3n) is 2.55. The molecule has 0 N–H and O–H groups in total. The minimum absolute atomic E-state index is 0.0750. The molecule has 1 aromatic carbocycles. The van der Waals surface area contributed by atoms with Crippen molar-refractivity contribution < 1.29 is 4.79 Å². The fraction of sp³-hybridized carbons (Fsp3) is 0.364. The van der Waals surface area contributed by atoms with Crippen molar-refractivity contribution in [1.29, 1.82) is 0 Å². The van der Waals surface area contributed by atoms with Gasteiger partial charge in [0.1, 0.15) is 0 Å². The maximum atomic E-state index is 11.7. The SMILES string of the molecule is O=C(CCCl)N1CCc2ccc(Cl)cc21. The number of hydrogen-bond acceptors (Lipinski definition) is 1. The van der Waals surface area contributed by atoms with Crippen molar-refractivity contribution in [3.63, 3.8) is 0 Å². The van der Waals surface area contributed by atoms with Gasteiger partial charge in [-0.2, -0.15) is 0 Å². The number of anilines is 1. The summed E-state index contributed by atoms with van der Waals surface area (Å²) in [6.45, 7) is 0.741. The van der Waals surface area contributed by atoms with Gasteiger partial charge < -0.3 is 4.90 Å². The Kier molecular flexibility index (Phi) is 3.17. The second kappa shape index (κ2) is 4.42. The number of carbonyl (C=O) groups excluding carboxylic acids is 1. The van der Waals surface area contributed by atoms with E-state index in [4.69, 9.17) is 23.2 Å². The highest BCUT2D eigenvalue weighted by Crippen LogP contribution is 2.31. The molecular weight excluding hydrogens is 233 g/mol. The first-order valence-electron chi connectivity index (χ1n) is 4.87. The van der Waals surface area contributed by atoms with Crippen molar-refractivity contribution in [2.45, 2.75) is 12.8 Å². The molecule has 2 nitrogen and oxygen atoms in total. The topological polar surface area (TPSA) is 20.3 Å². The lowest BCUT2D eigenvalue weighted by molar-refractivity contribution is -0.118. The average Bonchev–Trinajstić information content (AvgIpc) is 2.60. The Hall–Kier alpha value is -0.730. The van der Waals surface area contributed by atoms with Crippen LogP contribution in [0.4, 0.5) is 5.69 Å². The summed E-state index contributed by atoms with van der Waals surface area (Å²) in [6, 6.07) is 5.68. The second-order valence-corrected chi connectivity index (χ2v) is 4.32. The Morgan fingerprint density at radius 1 is 1.47 bits per heavy atom. The van der Waals surface area contributed by atoms with Crippen LogP contribution in [0.15, 0.2) is 18.2 Å². The Bertz CT molecular complexity index is 392. The van der Waals surface area contributed by atoms with Gasteiger partial charge in [0, 0.05) is 29.6 Å². The number of nitrogens with zero attached hydrogens (tertiary/aromatic N) is 1.